The molecule has 4 aliphatic heterocycles. The largest absolute Gasteiger partial charge is 0.444 e. The van der Waals surface area contributed by atoms with Crippen LogP contribution in [0.5, 0.6) is 0 Å². The fourth-order valence-electron chi connectivity index (χ4n) is 7.30. The predicted molar refractivity (Wildman–Crippen MR) is 181 cm³/mol. The third kappa shape index (κ3) is 6.04. The number of carbonyl (C=O) groups excluding carboxylic acids is 2. The van der Waals surface area contributed by atoms with Crippen LogP contribution in [0.25, 0.3) is 11.2 Å². The zero-order chi connectivity index (χ0) is 33.1. The summed E-state index contributed by atoms with van der Waals surface area (Å²) in [7, 11) is 1.79. The van der Waals surface area contributed by atoms with Gasteiger partial charge >= 0.3 is 6.09 Å². The van der Waals surface area contributed by atoms with Crippen molar-refractivity contribution < 1.29 is 23.8 Å². The topological polar surface area (TPSA) is 127 Å². The highest BCUT2D eigenvalue weighted by Gasteiger charge is 2.50. The SMILES string of the molecule is C[C@@H]1OCC2(CCN(c3cnc4c(N5CC(=O)N(C)c6cc(Br)ccc65)nn(C5CCCCO5)c4n3)CC2)[C@@H]1NC(=O)OC(C)(C)C. The zero-order valence-corrected chi connectivity index (χ0v) is 29.2. The van der Waals surface area contributed by atoms with Gasteiger partial charge in [0, 0.05) is 36.6 Å². The van der Waals surface area contributed by atoms with Crippen LogP contribution in [-0.2, 0) is 19.0 Å². The normalized spacial score (nSPS) is 24.6. The molecule has 2 aromatic heterocycles. The first-order valence-corrected chi connectivity index (χ1v) is 17.3. The average molecular weight is 712 g/mol. The highest BCUT2D eigenvalue weighted by Crippen LogP contribution is 2.44. The molecule has 1 spiro atoms. The second-order valence-electron chi connectivity index (χ2n) is 14.2. The lowest BCUT2D eigenvalue weighted by Crippen LogP contribution is -2.55. The number of nitrogens with zero attached hydrogens (tertiary/aromatic N) is 7. The molecule has 0 aliphatic carbocycles. The van der Waals surface area contributed by atoms with Crippen molar-refractivity contribution >= 4 is 62.1 Å². The van der Waals surface area contributed by atoms with Gasteiger partial charge < -0.3 is 34.2 Å². The van der Waals surface area contributed by atoms with E-state index in [4.69, 9.17) is 29.3 Å². The van der Waals surface area contributed by atoms with Crippen molar-refractivity contribution in [3.8, 4) is 0 Å². The highest BCUT2D eigenvalue weighted by molar-refractivity contribution is 9.10. The van der Waals surface area contributed by atoms with E-state index in [0.29, 0.717) is 30.2 Å². The van der Waals surface area contributed by atoms with Crippen LogP contribution in [0.4, 0.5) is 27.8 Å². The Morgan fingerprint density at radius 2 is 1.94 bits per heavy atom. The number of amides is 2. The van der Waals surface area contributed by atoms with Gasteiger partial charge in [-0.15, -0.1) is 5.10 Å². The number of carbonyl (C=O) groups is 2. The summed E-state index contributed by atoms with van der Waals surface area (Å²) in [6.07, 6.45) is 5.53. The number of nitrogens with one attached hydrogen (secondary N) is 1. The summed E-state index contributed by atoms with van der Waals surface area (Å²) >= 11 is 3.55. The lowest BCUT2D eigenvalue weighted by atomic mass is 9.73. The third-order valence-corrected chi connectivity index (χ3v) is 10.3. The van der Waals surface area contributed by atoms with Crippen LogP contribution in [0.1, 0.15) is 66.0 Å². The van der Waals surface area contributed by atoms with E-state index in [1.807, 2.05) is 61.7 Å². The molecule has 3 saturated heterocycles. The maximum atomic E-state index is 13.2. The number of halogens is 1. The van der Waals surface area contributed by atoms with Crippen LogP contribution in [0, 0.1) is 5.41 Å². The summed E-state index contributed by atoms with van der Waals surface area (Å²) in [5, 5.41) is 8.18. The molecule has 0 saturated carbocycles. The van der Waals surface area contributed by atoms with E-state index in [-0.39, 0.29) is 36.2 Å². The monoisotopic (exact) mass is 710 g/mol. The van der Waals surface area contributed by atoms with Gasteiger partial charge in [-0.2, -0.15) is 0 Å². The second kappa shape index (κ2) is 12.2. The summed E-state index contributed by atoms with van der Waals surface area (Å²) in [4.78, 5) is 41.9. The molecule has 13 nitrogen and oxygen atoms in total. The molecule has 3 fully saturated rings. The van der Waals surface area contributed by atoms with Crippen molar-refractivity contribution in [2.45, 2.75) is 83.8 Å². The van der Waals surface area contributed by atoms with E-state index >= 15 is 0 Å². The molecule has 7 rings (SSSR count). The van der Waals surface area contributed by atoms with Crippen molar-refractivity contribution in [1.29, 1.82) is 0 Å². The van der Waals surface area contributed by atoms with Gasteiger partial charge in [0.2, 0.25) is 5.91 Å². The average Bonchev–Trinajstić information content (AvgIpc) is 3.56. The number of alkyl carbamates (subject to hydrolysis) is 1. The lowest BCUT2D eigenvalue weighted by Gasteiger charge is -2.42. The molecule has 252 valence electrons. The van der Waals surface area contributed by atoms with Gasteiger partial charge in [-0.1, -0.05) is 15.9 Å². The van der Waals surface area contributed by atoms with E-state index in [9.17, 15) is 9.59 Å². The molecule has 47 heavy (non-hydrogen) atoms. The molecular formula is C33H43BrN8O5. The number of piperidine rings is 1. The molecule has 1 aromatic carbocycles. The minimum Gasteiger partial charge on any atom is -0.444 e. The number of hydrogen-bond acceptors (Lipinski definition) is 10. The number of benzene rings is 1. The molecule has 2 amide bonds. The Balaban J connectivity index is 1.18. The smallest absolute Gasteiger partial charge is 0.407 e. The van der Waals surface area contributed by atoms with Crippen LogP contribution < -0.4 is 20.0 Å². The van der Waals surface area contributed by atoms with Crippen molar-refractivity contribution in [2.24, 2.45) is 5.41 Å². The summed E-state index contributed by atoms with van der Waals surface area (Å²) in [6, 6.07) is 5.76. The summed E-state index contributed by atoms with van der Waals surface area (Å²) in [5.41, 5.74) is 2.17. The van der Waals surface area contributed by atoms with E-state index in [0.717, 1.165) is 66.9 Å². The van der Waals surface area contributed by atoms with Crippen LogP contribution in [0.15, 0.2) is 28.9 Å². The number of ether oxygens (including phenoxy) is 3. The molecule has 4 aliphatic rings. The van der Waals surface area contributed by atoms with Gasteiger partial charge in [0.1, 0.15) is 18.0 Å². The number of fused-ring (bicyclic) bond motifs is 2. The Kier molecular flexibility index (Phi) is 8.32. The number of rotatable bonds is 4. The first kappa shape index (κ1) is 32.1. The number of likely N-dealkylation sites (N-methyl/N-ethyl adjacent to an activating group) is 1. The van der Waals surface area contributed by atoms with Crippen LogP contribution >= 0.6 is 15.9 Å². The van der Waals surface area contributed by atoms with Gasteiger partial charge in [0.25, 0.3) is 0 Å². The summed E-state index contributed by atoms with van der Waals surface area (Å²) in [6.45, 7) is 10.5. The van der Waals surface area contributed by atoms with Crippen molar-refractivity contribution in [1.82, 2.24) is 25.1 Å². The van der Waals surface area contributed by atoms with E-state index < -0.39 is 11.7 Å². The Hall–Kier alpha value is -3.49. The maximum absolute atomic E-state index is 13.2. The standard InChI is InChI=1S/C33H43BrN8O5/c1-20-28(37-31(44)47-32(2,3)4)33(19-46-20)11-13-40(14-12-33)24-17-35-27-29(36-24)42(26-8-6-7-15-45-26)38-30(27)41-18-25(43)39(5)23-16-21(34)9-10-22(23)41/h9-10,16-17,20,26,28H,6-8,11-15,18-19H2,1-5H3,(H,37,44)/t20-,26?,28+/m0/s1. The summed E-state index contributed by atoms with van der Waals surface area (Å²) in [5.74, 6) is 1.31. The van der Waals surface area contributed by atoms with Crippen molar-refractivity contribution in [3.63, 3.8) is 0 Å². The lowest BCUT2D eigenvalue weighted by molar-refractivity contribution is -0.117. The minimum absolute atomic E-state index is 0.0382. The van der Waals surface area contributed by atoms with E-state index in [1.54, 1.807) is 11.9 Å². The van der Waals surface area contributed by atoms with Gasteiger partial charge in [-0.3, -0.25) is 4.79 Å². The van der Waals surface area contributed by atoms with Crippen molar-refractivity contribution in [2.75, 3.05) is 54.6 Å². The van der Waals surface area contributed by atoms with E-state index in [1.165, 1.54) is 0 Å². The van der Waals surface area contributed by atoms with Crippen molar-refractivity contribution in [3.05, 3.63) is 28.9 Å². The fourth-order valence-corrected chi connectivity index (χ4v) is 7.65. The quantitative estimate of drug-likeness (QED) is 0.381. The molecule has 14 heteroatoms. The fraction of sp³-hybridized carbons (Fsp3) is 0.606. The second-order valence-corrected chi connectivity index (χ2v) is 15.1. The van der Waals surface area contributed by atoms with Gasteiger partial charge in [0.15, 0.2) is 23.2 Å². The minimum atomic E-state index is -0.573. The third-order valence-electron chi connectivity index (χ3n) is 9.83. The molecule has 3 aromatic rings. The van der Waals surface area contributed by atoms with Gasteiger partial charge in [-0.05, 0) is 78.0 Å². The number of anilines is 4. The Labute approximate surface area is 283 Å². The van der Waals surface area contributed by atoms with Gasteiger partial charge in [0.05, 0.1) is 36.3 Å². The molecule has 0 radical (unpaired) electrons. The zero-order valence-electron chi connectivity index (χ0n) is 27.7. The Morgan fingerprint density at radius 1 is 1.15 bits per heavy atom. The number of aromatic nitrogens is 4. The van der Waals surface area contributed by atoms with Crippen LogP contribution in [-0.4, -0.2) is 89.4 Å². The molecule has 3 atom stereocenters. The van der Waals surface area contributed by atoms with Crippen LogP contribution in [0.3, 0.4) is 0 Å². The van der Waals surface area contributed by atoms with E-state index in [2.05, 4.69) is 26.1 Å². The van der Waals surface area contributed by atoms with Gasteiger partial charge in [-0.25, -0.2) is 19.4 Å². The predicted octanol–water partition coefficient (Wildman–Crippen LogP) is 5.30. The number of hydrogen-bond donors (Lipinski definition) is 1. The molecule has 6 heterocycles. The highest BCUT2D eigenvalue weighted by atomic mass is 79.9. The molecule has 1 unspecified atom stereocenters. The summed E-state index contributed by atoms with van der Waals surface area (Å²) < 4.78 is 20.6. The Bertz CT molecular complexity index is 1680. The maximum Gasteiger partial charge on any atom is 0.407 e. The van der Waals surface area contributed by atoms with Crippen LogP contribution in [0.2, 0.25) is 0 Å². The first-order valence-electron chi connectivity index (χ1n) is 16.5. The molecule has 0 bridgehead atoms. The Morgan fingerprint density at radius 3 is 2.66 bits per heavy atom. The molecular weight excluding hydrogens is 668 g/mol. The first-order chi connectivity index (χ1) is 22.4. The molecule has 1 N–H and O–H groups in total.